The molecule has 10 heteroatoms. The molecule has 0 spiro atoms. The minimum Gasteiger partial charge on any atom is -0.368 e. The molecule has 0 saturated carbocycles. The third kappa shape index (κ3) is 4.59. The van der Waals surface area contributed by atoms with Crippen LogP contribution in [0, 0.1) is 5.82 Å². The van der Waals surface area contributed by atoms with E-state index in [-0.39, 0.29) is 17.5 Å². The minimum atomic E-state index is -0.859. The number of carbonyl (C=O) groups is 2. The number of aromatic nitrogens is 3. The van der Waals surface area contributed by atoms with Crippen molar-refractivity contribution in [3.8, 4) is 5.82 Å². The number of benzene rings is 1. The van der Waals surface area contributed by atoms with E-state index in [2.05, 4.69) is 20.5 Å². The van der Waals surface area contributed by atoms with Crippen LogP contribution < -0.4 is 16.1 Å². The van der Waals surface area contributed by atoms with Crippen LogP contribution in [0.3, 0.4) is 0 Å². The number of nitrogens with two attached hydrogens (primary N) is 1. The monoisotopic (exact) mass is 449 g/mol. The molecule has 3 N–H and O–H groups in total. The molecule has 0 bridgehead atoms. The Kier molecular flexibility index (Phi) is 5.67. The molecule has 1 unspecified atom stereocenters. The fourth-order valence-electron chi connectivity index (χ4n) is 3.38. The Morgan fingerprint density at radius 1 is 1.15 bits per heavy atom. The number of carbonyl (C=O) groups excluding carboxylic acids is 2. The molecule has 2 amide bonds. The summed E-state index contributed by atoms with van der Waals surface area (Å²) in [5.74, 6) is -0.599. The number of rotatable bonds is 5. The number of hydrazone groups is 1. The summed E-state index contributed by atoms with van der Waals surface area (Å²) in [6.45, 7) is 6.05. The largest absolute Gasteiger partial charge is 0.368 e. The number of anilines is 2. The quantitative estimate of drug-likeness (QED) is 0.621. The zero-order chi connectivity index (χ0) is 23.8. The molecule has 1 aromatic carbocycles. The Bertz CT molecular complexity index is 1210. The molecule has 0 fully saturated rings. The van der Waals surface area contributed by atoms with Crippen molar-refractivity contribution in [3.63, 3.8) is 0 Å². The van der Waals surface area contributed by atoms with Crippen molar-refractivity contribution in [1.82, 2.24) is 14.8 Å². The van der Waals surface area contributed by atoms with Crippen LogP contribution in [-0.2, 0) is 15.0 Å². The van der Waals surface area contributed by atoms with Gasteiger partial charge in [-0.1, -0.05) is 26.8 Å². The Labute approximate surface area is 190 Å². The summed E-state index contributed by atoms with van der Waals surface area (Å²) < 4.78 is 14.9. The van der Waals surface area contributed by atoms with Crippen LogP contribution in [0.2, 0.25) is 0 Å². The highest BCUT2D eigenvalue weighted by atomic mass is 19.1. The van der Waals surface area contributed by atoms with Gasteiger partial charge in [-0.2, -0.15) is 14.9 Å². The summed E-state index contributed by atoms with van der Waals surface area (Å²) in [7, 11) is 0. The van der Waals surface area contributed by atoms with Crippen LogP contribution in [0.25, 0.3) is 5.82 Å². The number of pyridine rings is 1. The third-order valence-electron chi connectivity index (χ3n) is 5.18. The SMILES string of the molecule is CC(C)(C)c1cc(NC(=O)C2=NN(c3ccc(F)cc3)C(C(N)=O)C2)n(-c2ccccn2)n1. The molecule has 1 aliphatic heterocycles. The zero-order valence-corrected chi connectivity index (χ0v) is 18.5. The van der Waals surface area contributed by atoms with Gasteiger partial charge in [-0.3, -0.25) is 14.6 Å². The molecule has 9 nitrogen and oxygen atoms in total. The lowest BCUT2D eigenvalue weighted by Gasteiger charge is -2.20. The first-order valence-electron chi connectivity index (χ1n) is 10.4. The van der Waals surface area contributed by atoms with Gasteiger partial charge in [0.05, 0.1) is 11.4 Å². The zero-order valence-electron chi connectivity index (χ0n) is 18.5. The number of halogens is 1. The van der Waals surface area contributed by atoms with E-state index in [1.165, 1.54) is 29.3 Å². The fourth-order valence-corrected chi connectivity index (χ4v) is 3.38. The molecular weight excluding hydrogens is 425 g/mol. The molecule has 4 rings (SSSR count). The average molecular weight is 449 g/mol. The number of amides is 2. The van der Waals surface area contributed by atoms with Crippen molar-refractivity contribution in [1.29, 1.82) is 0 Å². The van der Waals surface area contributed by atoms with Gasteiger partial charge in [0.2, 0.25) is 5.91 Å². The lowest BCUT2D eigenvalue weighted by Crippen LogP contribution is -2.39. The number of nitrogens with one attached hydrogen (secondary N) is 1. The summed E-state index contributed by atoms with van der Waals surface area (Å²) in [5, 5.41) is 13.1. The van der Waals surface area contributed by atoms with Crippen LogP contribution >= 0.6 is 0 Å². The lowest BCUT2D eigenvalue weighted by molar-refractivity contribution is -0.119. The molecule has 0 radical (unpaired) electrons. The first kappa shape index (κ1) is 22.1. The van der Waals surface area contributed by atoms with Crippen molar-refractivity contribution in [3.05, 3.63) is 66.2 Å². The predicted molar refractivity (Wildman–Crippen MR) is 123 cm³/mol. The van der Waals surface area contributed by atoms with Crippen molar-refractivity contribution >= 4 is 29.0 Å². The van der Waals surface area contributed by atoms with Crippen LogP contribution in [0.15, 0.2) is 59.8 Å². The summed E-state index contributed by atoms with van der Waals surface area (Å²) in [6.07, 6.45) is 1.65. The van der Waals surface area contributed by atoms with Gasteiger partial charge in [-0.05, 0) is 36.4 Å². The first-order chi connectivity index (χ1) is 15.6. The Balaban J connectivity index is 1.65. The van der Waals surface area contributed by atoms with Crippen LogP contribution in [-0.4, -0.2) is 38.3 Å². The molecule has 0 saturated heterocycles. The highest BCUT2D eigenvalue weighted by molar-refractivity contribution is 6.44. The van der Waals surface area contributed by atoms with E-state index in [1.807, 2.05) is 26.8 Å². The number of primary amides is 1. The van der Waals surface area contributed by atoms with Gasteiger partial charge < -0.3 is 11.1 Å². The normalized spacial score (nSPS) is 15.9. The van der Waals surface area contributed by atoms with Crippen LogP contribution in [0.5, 0.6) is 0 Å². The Morgan fingerprint density at radius 3 is 2.48 bits per heavy atom. The number of nitrogens with zero attached hydrogens (tertiary/aromatic N) is 5. The molecule has 2 aromatic heterocycles. The first-order valence-corrected chi connectivity index (χ1v) is 10.4. The maximum absolute atomic E-state index is 13.3. The second-order valence-corrected chi connectivity index (χ2v) is 8.71. The highest BCUT2D eigenvalue weighted by Gasteiger charge is 2.35. The number of hydrogen-bond acceptors (Lipinski definition) is 6. The number of hydrogen-bond donors (Lipinski definition) is 2. The average Bonchev–Trinajstić information content (AvgIpc) is 3.40. The van der Waals surface area contributed by atoms with Crippen LogP contribution in [0.1, 0.15) is 32.9 Å². The van der Waals surface area contributed by atoms with Gasteiger partial charge in [0, 0.05) is 24.1 Å². The smallest absolute Gasteiger partial charge is 0.273 e. The van der Waals surface area contributed by atoms with Gasteiger partial charge in [-0.15, -0.1) is 0 Å². The van der Waals surface area contributed by atoms with Gasteiger partial charge in [0.1, 0.15) is 23.4 Å². The molecule has 33 heavy (non-hydrogen) atoms. The van der Waals surface area contributed by atoms with E-state index in [0.717, 1.165) is 5.69 Å². The second-order valence-electron chi connectivity index (χ2n) is 8.71. The van der Waals surface area contributed by atoms with Gasteiger partial charge in [-0.25, -0.2) is 9.37 Å². The van der Waals surface area contributed by atoms with Crippen molar-refractivity contribution in [2.24, 2.45) is 10.8 Å². The molecular formula is C23H24FN7O2. The van der Waals surface area contributed by atoms with Gasteiger partial charge in [0.15, 0.2) is 5.82 Å². The summed E-state index contributed by atoms with van der Waals surface area (Å²) in [5.41, 5.74) is 6.61. The molecule has 3 aromatic rings. The van der Waals surface area contributed by atoms with E-state index < -0.39 is 23.7 Å². The van der Waals surface area contributed by atoms with Crippen molar-refractivity contribution < 1.29 is 14.0 Å². The van der Waals surface area contributed by atoms with Gasteiger partial charge >= 0.3 is 0 Å². The maximum atomic E-state index is 13.3. The third-order valence-corrected chi connectivity index (χ3v) is 5.18. The highest BCUT2D eigenvalue weighted by Crippen LogP contribution is 2.28. The van der Waals surface area contributed by atoms with E-state index in [4.69, 9.17) is 5.73 Å². The van der Waals surface area contributed by atoms with Gasteiger partial charge in [0.25, 0.3) is 5.91 Å². The Morgan fingerprint density at radius 2 is 1.88 bits per heavy atom. The Hall–Kier alpha value is -4.08. The topological polar surface area (TPSA) is 118 Å². The lowest BCUT2D eigenvalue weighted by atomic mass is 9.92. The van der Waals surface area contributed by atoms with E-state index in [9.17, 15) is 14.0 Å². The van der Waals surface area contributed by atoms with Crippen molar-refractivity contribution in [2.75, 3.05) is 10.3 Å². The molecule has 170 valence electrons. The summed E-state index contributed by atoms with van der Waals surface area (Å²) in [4.78, 5) is 29.4. The fraction of sp³-hybridized carbons (Fsp3) is 0.261. The summed E-state index contributed by atoms with van der Waals surface area (Å²) in [6, 6.07) is 11.8. The standard InChI is InChI=1S/C23H24FN7O2/c1-23(2,3)18-13-20(31(29-18)19-6-4-5-11-26-19)27-22(33)16-12-17(21(25)32)30(28-16)15-9-7-14(24)8-10-15/h4-11,13,17H,12H2,1-3H3,(H2,25,32)(H,27,33). The molecule has 1 atom stereocenters. The van der Waals surface area contributed by atoms with Crippen molar-refractivity contribution in [2.45, 2.75) is 38.6 Å². The van der Waals surface area contributed by atoms with E-state index in [0.29, 0.717) is 17.3 Å². The minimum absolute atomic E-state index is 0.0163. The predicted octanol–water partition coefficient (Wildman–Crippen LogP) is 2.76. The van der Waals surface area contributed by atoms with E-state index in [1.54, 1.807) is 29.1 Å². The molecule has 0 aliphatic carbocycles. The second kappa shape index (κ2) is 8.45. The van der Waals surface area contributed by atoms with E-state index >= 15 is 0 Å². The molecule has 3 heterocycles. The maximum Gasteiger partial charge on any atom is 0.273 e. The molecule has 1 aliphatic rings. The summed E-state index contributed by atoms with van der Waals surface area (Å²) >= 11 is 0. The van der Waals surface area contributed by atoms with Crippen LogP contribution in [0.4, 0.5) is 15.9 Å².